The molecule has 1 N–H and O–H groups in total. The van der Waals surface area contributed by atoms with Gasteiger partial charge in [-0.05, 0) is 36.6 Å². The maximum Gasteiger partial charge on any atom is 0.528 e. The van der Waals surface area contributed by atoms with Crippen molar-refractivity contribution in [2.45, 2.75) is 31.5 Å². The molecule has 1 aliphatic heterocycles. The molecule has 2 aromatic carbocycles. The topological polar surface area (TPSA) is 89.7 Å². The Balaban J connectivity index is 1.35. The van der Waals surface area contributed by atoms with Gasteiger partial charge in [0, 0.05) is 42.4 Å². The van der Waals surface area contributed by atoms with Gasteiger partial charge >= 0.3 is 12.3 Å². The fourth-order valence-electron chi connectivity index (χ4n) is 4.60. The smallest absolute Gasteiger partial charge is 0.428 e. The molecule has 0 spiro atoms. The van der Waals surface area contributed by atoms with Crippen LogP contribution in [0.2, 0.25) is 0 Å². The molecule has 40 heavy (non-hydrogen) atoms. The zero-order valence-electron chi connectivity index (χ0n) is 21.0. The van der Waals surface area contributed by atoms with Crippen molar-refractivity contribution < 1.29 is 37.1 Å². The van der Waals surface area contributed by atoms with E-state index in [1.165, 1.54) is 29.5 Å². The van der Waals surface area contributed by atoms with E-state index in [0.29, 0.717) is 25.9 Å². The van der Waals surface area contributed by atoms with Crippen molar-refractivity contribution >= 4 is 6.16 Å². The second kappa shape index (κ2) is 11.3. The number of rotatable bonds is 6. The number of halogens is 4. The van der Waals surface area contributed by atoms with Crippen molar-refractivity contribution in [1.29, 1.82) is 0 Å². The molecule has 208 valence electrons. The number of carbonyl (C=O) groups excluding carboxylic acids is 1. The number of pyridine rings is 1. The van der Waals surface area contributed by atoms with Gasteiger partial charge in [-0.1, -0.05) is 42.5 Å². The minimum Gasteiger partial charge on any atom is -0.428 e. The summed E-state index contributed by atoms with van der Waals surface area (Å²) in [5.74, 6) is -0.944. The highest BCUT2D eigenvalue weighted by atomic mass is 19.4. The molecule has 0 amide bonds. The van der Waals surface area contributed by atoms with Crippen molar-refractivity contribution in [1.82, 2.24) is 19.8 Å². The second-order valence-electron chi connectivity index (χ2n) is 9.24. The first-order valence-electron chi connectivity index (χ1n) is 12.4. The van der Waals surface area contributed by atoms with Crippen LogP contribution in [0, 0.1) is 5.95 Å². The summed E-state index contributed by atoms with van der Waals surface area (Å²) in [4.78, 5) is 25.5. The van der Waals surface area contributed by atoms with Crippen molar-refractivity contribution in [2.75, 3.05) is 13.1 Å². The lowest BCUT2D eigenvalue weighted by Gasteiger charge is -2.29. The summed E-state index contributed by atoms with van der Waals surface area (Å²) >= 11 is 0. The molecule has 0 saturated carbocycles. The average Bonchev–Trinajstić information content (AvgIpc) is 3.29. The van der Waals surface area contributed by atoms with E-state index in [-0.39, 0.29) is 40.9 Å². The van der Waals surface area contributed by atoms with Gasteiger partial charge in [0.05, 0.1) is 5.56 Å². The molecule has 3 heterocycles. The van der Waals surface area contributed by atoms with Crippen LogP contribution in [0.3, 0.4) is 0 Å². The van der Waals surface area contributed by atoms with E-state index in [2.05, 4.69) is 9.97 Å². The number of alkyl halides is 3. The highest BCUT2D eigenvalue weighted by molar-refractivity contribution is 5.79. The number of ether oxygens (including phenoxy) is 1. The molecule has 5 rings (SSSR count). The van der Waals surface area contributed by atoms with Crippen LogP contribution >= 0.6 is 0 Å². The molecule has 2 aromatic heterocycles. The van der Waals surface area contributed by atoms with Gasteiger partial charge in [-0.3, -0.25) is 0 Å². The normalized spacial score (nSPS) is 14.7. The van der Waals surface area contributed by atoms with E-state index >= 15 is 0 Å². The van der Waals surface area contributed by atoms with E-state index in [0.717, 1.165) is 28.5 Å². The monoisotopic (exact) mass is 556 g/mol. The van der Waals surface area contributed by atoms with E-state index in [1.54, 1.807) is 0 Å². The summed E-state index contributed by atoms with van der Waals surface area (Å²) < 4.78 is 60.2. The minimum absolute atomic E-state index is 0.0405. The summed E-state index contributed by atoms with van der Waals surface area (Å²) in [5, 5.41) is 12.6. The molecular formula is C28H24F4N4O4. The third kappa shape index (κ3) is 6.07. The molecule has 0 unspecified atom stereocenters. The Kier molecular flexibility index (Phi) is 7.69. The highest BCUT2D eigenvalue weighted by Gasteiger charge is 2.33. The van der Waals surface area contributed by atoms with Crippen molar-refractivity contribution in [3.63, 3.8) is 0 Å². The lowest BCUT2D eigenvalue weighted by Crippen LogP contribution is -2.35. The van der Waals surface area contributed by atoms with E-state index in [9.17, 15) is 27.6 Å². The van der Waals surface area contributed by atoms with Crippen molar-refractivity contribution in [3.8, 4) is 22.5 Å². The Morgan fingerprint density at radius 3 is 2.45 bits per heavy atom. The zero-order valence-corrected chi connectivity index (χ0v) is 21.0. The molecule has 4 aromatic rings. The fraction of sp³-hybridized carbons (Fsp3) is 0.250. The summed E-state index contributed by atoms with van der Waals surface area (Å²) in [5.41, 5.74) is 0.349. The Morgan fingerprint density at radius 1 is 1.00 bits per heavy atom. The molecule has 1 saturated heterocycles. The first-order chi connectivity index (χ1) is 19.2. The number of nitrogens with zero attached hydrogens (tertiary/aromatic N) is 4. The first kappa shape index (κ1) is 27.1. The average molecular weight is 557 g/mol. The Labute approximate surface area is 226 Å². The minimum atomic E-state index is -4.58. The van der Waals surface area contributed by atoms with Crippen LogP contribution in [-0.4, -0.2) is 44.2 Å². The zero-order chi connectivity index (χ0) is 28.3. The molecule has 1 aliphatic rings. The van der Waals surface area contributed by atoms with Gasteiger partial charge in [0.25, 0.3) is 0 Å². The largest absolute Gasteiger partial charge is 0.528 e. The van der Waals surface area contributed by atoms with Crippen LogP contribution in [0.1, 0.15) is 35.7 Å². The summed E-state index contributed by atoms with van der Waals surface area (Å²) in [7, 11) is 0. The van der Waals surface area contributed by atoms with Crippen molar-refractivity contribution in [3.05, 3.63) is 95.8 Å². The van der Waals surface area contributed by atoms with Gasteiger partial charge in [-0.2, -0.15) is 22.3 Å². The molecule has 1 fully saturated rings. The predicted octanol–water partition coefficient (Wildman–Crippen LogP) is 6.46. The quantitative estimate of drug-likeness (QED) is 0.126. The Hall–Kier alpha value is -4.45. The van der Waals surface area contributed by atoms with Gasteiger partial charge in [0.1, 0.15) is 23.8 Å². The van der Waals surface area contributed by atoms with Gasteiger partial charge in [0.15, 0.2) is 0 Å². The lowest BCUT2D eigenvalue weighted by molar-refractivity contribution is -0.141. The van der Waals surface area contributed by atoms with Gasteiger partial charge < -0.3 is 14.8 Å². The van der Waals surface area contributed by atoms with E-state index < -0.39 is 23.8 Å². The van der Waals surface area contributed by atoms with E-state index in [1.807, 2.05) is 30.3 Å². The number of carbonyl (C=O) groups is 1. The summed E-state index contributed by atoms with van der Waals surface area (Å²) in [6.07, 6.45) is -3.41. The fourth-order valence-corrected chi connectivity index (χ4v) is 4.60. The van der Waals surface area contributed by atoms with Crippen LogP contribution in [0.4, 0.5) is 22.4 Å². The highest BCUT2D eigenvalue weighted by Crippen LogP contribution is 2.39. The number of imidazole rings is 1. The van der Waals surface area contributed by atoms with Crippen LogP contribution < -0.4 is 0 Å². The number of hydrogen-bond donors (Lipinski definition) is 1. The molecule has 0 bridgehead atoms. The lowest BCUT2D eigenvalue weighted by atomic mass is 9.97. The third-order valence-corrected chi connectivity index (χ3v) is 6.57. The summed E-state index contributed by atoms with van der Waals surface area (Å²) in [6.45, 7) is 0.668. The Morgan fingerprint density at radius 2 is 1.75 bits per heavy atom. The number of aromatic nitrogens is 3. The van der Waals surface area contributed by atoms with Gasteiger partial charge in [-0.25, -0.2) is 14.8 Å². The van der Waals surface area contributed by atoms with Crippen molar-refractivity contribution in [2.24, 2.45) is 0 Å². The standard InChI is InChI=1S/C28H24F4N4O4/c29-23-16-21(9-12-33-23)25-24(20-7-4-8-22(15-20)28(30,31)32)34-26(36(25)38)19-10-13-35(14-11-19)40-27(37)39-17-18-5-2-1-3-6-18/h1-9,12,15-16,19,38H,10-11,13-14,17H2. The second-order valence-corrected chi connectivity index (χ2v) is 9.24. The maximum absolute atomic E-state index is 14.0. The van der Waals surface area contributed by atoms with Gasteiger partial charge in [0.2, 0.25) is 5.95 Å². The maximum atomic E-state index is 14.0. The van der Waals surface area contributed by atoms with E-state index in [4.69, 9.17) is 9.57 Å². The molecule has 0 radical (unpaired) electrons. The van der Waals surface area contributed by atoms with Crippen LogP contribution in [0.25, 0.3) is 22.5 Å². The number of hydroxylamine groups is 2. The molecule has 0 aliphatic carbocycles. The number of benzene rings is 2. The predicted molar refractivity (Wildman–Crippen MR) is 134 cm³/mol. The number of hydrogen-bond acceptors (Lipinski definition) is 7. The van der Waals surface area contributed by atoms with Crippen LogP contribution in [0.15, 0.2) is 72.9 Å². The molecule has 12 heteroatoms. The summed E-state index contributed by atoms with van der Waals surface area (Å²) in [6, 6.07) is 16.2. The Bertz CT molecular complexity index is 1490. The molecule has 8 nitrogen and oxygen atoms in total. The third-order valence-electron chi connectivity index (χ3n) is 6.57. The van der Waals surface area contributed by atoms with Gasteiger partial charge in [-0.15, -0.1) is 5.06 Å². The molecular weight excluding hydrogens is 532 g/mol. The number of piperidine rings is 1. The van der Waals surface area contributed by atoms with Crippen LogP contribution in [0.5, 0.6) is 0 Å². The first-order valence-corrected chi connectivity index (χ1v) is 12.4. The molecule has 0 atom stereocenters. The van der Waals surface area contributed by atoms with Crippen LogP contribution in [-0.2, 0) is 22.4 Å². The SMILES string of the molecule is O=C(OCc1ccccc1)ON1CCC(c2nc(-c3cccc(C(F)(F)F)c3)c(-c3ccnc(F)c3)n2O)CC1.